The number of carbonyl (C=O) groups excluding carboxylic acids is 1. The molecule has 0 aromatic heterocycles. The van der Waals surface area contributed by atoms with Gasteiger partial charge in [-0.1, -0.05) is 24.3 Å². The van der Waals surface area contributed by atoms with Crippen LogP contribution in [0.15, 0.2) is 48.5 Å². The Kier molecular flexibility index (Phi) is 4.03. The van der Waals surface area contributed by atoms with Crippen molar-refractivity contribution in [3.05, 3.63) is 59.7 Å². The standard InChI is InChI=1S/C15H16N2O2/c16-13-3-1-2-12(8-13)9-15(19)17-10-11-4-6-14(18)7-5-11/h1-8,18H,9-10,16H2,(H,17,19). The molecule has 0 fully saturated rings. The van der Waals surface area contributed by atoms with E-state index < -0.39 is 0 Å². The predicted octanol–water partition coefficient (Wildman–Crippen LogP) is 1.83. The van der Waals surface area contributed by atoms with Crippen LogP contribution in [-0.4, -0.2) is 11.0 Å². The second-order valence-electron chi connectivity index (χ2n) is 4.36. The Labute approximate surface area is 111 Å². The van der Waals surface area contributed by atoms with Gasteiger partial charge in [-0.3, -0.25) is 4.79 Å². The zero-order chi connectivity index (χ0) is 13.7. The fourth-order valence-electron chi connectivity index (χ4n) is 1.77. The van der Waals surface area contributed by atoms with E-state index in [0.717, 1.165) is 11.1 Å². The third-order valence-electron chi connectivity index (χ3n) is 2.74. The number of nitrogen functional groups attached to an aromatic ring is 1. The number of aromatic hydroxyl groups is 1. The number of rotatable bonds is 4. The largest absolute Gasteiger partial charge is 0.508 e. The van der Waals surface area contributed by atoms with Gasteiger partial charge >= 0.3 is 0 Å². The summed E-state index contributed by atoms with van der Waals surface area (Å²) in [5.74, 6) is 0.161. The van der Waals surface area contributed by atoms with Crippen LogP contribution >= 0.6 is 0 Å². The summed E-state index contributed by atoms with van der Waals surface area (Å²) in [4.78, 5) is 11.8. The molecule has 98 valence electrons. The van der Waals surface area contributed by atoms with Gasteiger partial charge in [-0.05, 0) is 35.4 Å². The van der Waals surface area contributed by atoms with Crippen molar-refractivity contribution in [1.29, 1.82) is 0 Å². The van der Waals surface area contributed by atoms with E-state index in [4.69, 9.17) is 10.8 Å². The van der Waals surface area contributed by atoms with Gasteiger partial charge in [-0.25, -0.2) is 0 Å². The molecular weight excluding hydrogens is 240 g/mol. The number of hydrogen-bond donors (Lipinski definition) is 3. The van der Waals surface area contributed by atoms with Gasteiger partial charge in [0.15, 0.2) is 0 Å². The molecule has 4 nitrogen and oxygen atoms in total. The number of nitrogens with two attached hydrogens (primary N) is 1. The van der Waals surface area contributed by atoms with Crippen LogP contribution in [0.2, 0.25) is 0 Å². The van der Waals surface area contributed by atoms with Crippen LogP contribution in [-0.2, 0) is 17.8 Å². The van der Waals surface area contributed by atoms with Gasteiger partial charge in [-0.2, -0.15) is 0 Å². The lowest BCUT2D eigenvalue weighted by molar-refractivity contribution is -0.120. The molecule has 1 amide bonds. The molecule has 0 aliphatic carbocycles. The number of benzene rings is 2. The monoisotopic (exact) mass is 256 g/mol. The lowest BCUT2D eigenvalue weighted by Crippen LogP contribution is -2.24. The van der Waals surface area contributed by atoms with Crippen molar-refractivity contribution in [1.82, 2.24) is 5.32 Å². The minimum absolute atomic E-state index is 0.0568. The zero-order valence-electron chi connectivity index (χ0n) is 10.5. The van der Waals surface area contributed by atoms with Crippen molar-refractivity contribution >= 4 is 11.6 Å². The lowest BCUT2D eigenvalue weighted by Gasteiger charge is -2.06. The normalized spacial score (nSPS) is 10.1. The third kappa shape index (κ3) is 4.03. The van der Waals surface area contributed by atoms with E-state index in [1.54, 1.807) is 36.4 Å². The quantitative estimate of drug-likeness (QED) is 0.730. The maximum absolute atomic E-state index is 11.8. The summed E-state index contributed by atoms with van der Waals surface area (Å²) in [6.07, 6.45) is 0.309. The highest BCUT2D eigenvalue weighted by Gasteiger charge is 2.03. The molecule has 0 saturated carbocycles. The molecular formula is C15H16N2O2. The molecule has 0 bridgehead atoms. The number of carbonyl (C=O) groups is 1. The van der Waals surface area contributed by atoms with Crippen molar-refractivity contribution in [3.8, 4) is 5.75 Å². The summed E-state index contributed by atoms with van der Waals surface area (Å²) in [5.41, 5.74) is 8.15. The molecule has 0 saturated heterocycles. The van der Waals surface area contributed by atoms with E-state index in [1.165, 1.54) is 0 Å². The van der Waals surface area contributed by atoms with Crippen LogP contribution in [0, 0.1) is 0 Å². The average Bonchev–Trinajstić information content (AvgIpc) is 2.38. The van der Waals surface area contributed by atoms with Gasteiger partial charge in [0, 0.05) is 12.2 Å². The third-order valence-corrected chi connectivity index (χ3v) is 2.74. The molecule has 2 rings (SSSR count). The lowest BCUT2D eigenvalue weighted by atomic mass is 10.1. The Hall–Kier alpha value is -2.49. The highest BCUT2D eigenvalue weighted by molar-refractivity contribution is 5.78. The number of nitrogens with one attached hydrogen (secondary N) is 1. The number of phenolic OH excluding ortho intramolecular Hbond substituents is 1. The maximum atomic E-state index is 11.8. The highest BCUT2D eigenvalue weighted by atomic mass is 16.3. The van der Waals surface area contributed by atoms with E-state index in [1.807, 2.05) is 12.1 Å². The summed E-state index contributed by atoms with van der Waals surface area (Å²) in [6.45, 7) is 0.446. The summed E-state index contributed by atoms with van der Waals surface area (Å²) in [6, 6.07) is 14.0. The van der Waals surface area contributed by atoms with Gasteiger partial charge in [0.05, 0.1) is 6.42 Å². The van der Waals surface area contributed by atoms with E-state index in [-0.39, 0.29) is 11.7 Å². The first-order valence-electron chi connectivity index (χ1n) is 6.02. The molecule has 4 N–H and O–H groups in total. The SMILES string of the molecule is Nc1cccc(CC(=O)NCc2ccc(O)cc2)c1. The predicted molar refractivity (Wildman–Crippen MR) is 74.5 cm³/mol. The van der Waals surface area contributed by atoms with Crippen LogP contribution in [0.5, 0.6) is 5.75 Å². The van der Waals surface area contributed by atoms with E-state index in [9.17, 15) is 4.79 Å². The molecule has 0 heterocycles. The Morgan fingerprint density at radius 1 is 1.11 bits per heavy atom. The number of amides is 1. The number of hydrogen-bond acceptors (Lipinski definition) is 3. The Balaban J connectivity index is 1.86. The Bertz CT molecular complexity index is 565. The van der Waals surface area contributed by atoms with E-state index in [0.29, 0.717) is 18.7 Å². The Morgan fingerprint density at radius 3 is 2.53 bits per heavy atom. The van der Waals surface area contributed by atoms with E-state index in [2.05, 4.69) is 5.32 Å². The molecule has 0 spiro atoms. The second-order valence-corrected chi connectivity index (χ2v) is 4.36. The summed E-state index contributed by atoms with van der Waals surface area (Å²) in [5, 5.41) is 12.0. The van der Waals surface area contributed by atoms with Gasteiger partial charge in [0.2, 0.25) is 5.91 Å². The van der Waals surface area contributed by atoms with Gasteiger partial charge in [-0.15, -0.1) is 0 Å². The first kappa shape index (κ1) is 13.0. The van der Waals surface area contributed by atoms with Crippen LogP contribution in [0.4, 0.5) is 5.69 Å². The summed E-state index contributed by atoms with van der Waals surface area (Å²) in [7, 11) is 0. The second kappa shape index (κ2) is 5.91. The average molecular weight is 256 g/mol. The van der Waals surface area contributed by atoms with Gasteiger partial charge < -0.3 is 16.2 Å². The first-order chi connectivity index (χ1) is 9.13. The summed E-state index contributed by atoms with van der Waals surface area (Å²) >= 11 is 0. The highest BCUT2D eigenvalue weighted by Crippen LogP contribution is 2.10. The van der Waals surface area contributed by atoms with Crippen molar-refractivity contribution in [2.45, 2.75) is 13.0 Å². The van der Waals surface area contributed by atoms with E-state index >= 15 is 0 Å². The minimum atomic E-state index is -0.0568. The summed E-state index contributed by atoms with van der Waals surface area (Å²) < 4.78 is 0. The fraction of sp³-hybridized carbons (Fsp3) is 0.133. The fourth-order valence-corrected chi connectivity index (χ4v) is 1.77. The minimum Gasteiger partial charge on any atom is -0.508 e. The van der Waals surface area contributed by atoms with Crippen LogP contribution in [0.3, 0.4) is 0 Å². The van der Waals surface area contributed by atoms with Crippen molar-refractivity contribution in [2.24, 2.45) is 0 Å². The number of anilines is 1. The molecule has 0 aliphatic heterocycles. The first-order valence-corrected chi connectivity index (χ1v) is 6.02. The van der Waals surface area contributed by atoms with Crippen LogP contribution in [0.1, 0.15) is 11.1 Å². The smallest absolute Gasteiger partial charge is 0.224 e. The molecule has 0 atom stereocenters. The van der Waals surface area contributed by atoms with Crippen LogP contribution in [0.25, 0.3) is 0 Å². The van der Waals surface area contributed by atoms with Crippen molar-refractivity contribution in [2.75, 3.05) is 5.73 Å². The van der Waals surface area contributed by atoms with Gasteiger partial charge in [0.1, 0.15) is 5.75 Å². The molecule has 4 heteroatoms. The van der Waals surface area contributed by atoms with Gasteiger partial charge in [0.25, 0.3) is 0 Å². The number of phenols is 1. The molecule has 19 heavy (non-hydrogen) atoms. The van der Waals surface area contributed by atoms with Crippen LogP contribution < -0.4 is 11.1 Å². The van der Waals surface area contributed by atoms with Crippen molar-refractivity contribution < 1.29 is 9.90 Å². The Morgan fingerprint density at radius 2 is 1.84 bits per heavy atom. The maximum Gasteiger partial charge on any atom is 0.224 e. The molecule has 0 radical (unpaired) electrons. The zero-order valence-corrected chi connectivity index (χ0v) is 10.5. The topological polar surface area (TPSA) is 75.4 Å². The molecule has 0 unspecified atom stereocenters. The molecule has 0 aliphatic rings. The molecule has 2 aromatic rings. The van der Waals surface area contributed by atoms with Crippen molar-refractivity contribution in [3.63, 3.8) is 0 Å². The molecule has 2 aromatic carbocycles.